The maximum Gasteiger partial charge on any atom is 0.335 e. The van der Waals surface area contributed by atoms with E-state index in [9.17, 15) is 4.79 Å². The van der Waals surface area contributed by atoms with Crippen LogP contribution in [0.5, 0.6) is 0 Å². The fourth-order valence-electron chi connectivity index (χ4n) is 1.98. The van der Waals surface area contributed by atoms with Gasteiger partial charge in [-0.25, -0.2) is 9.78 Å². The van der Waals surface area contributed by atoms with Crippen LogP contribution < -0.4 is 0 Å². The normalized spacial score (nSPS) is 11.1. The summed E-state index contributed by atoms with van der Waals surface area (Å²) >= 11 is 1.47. The van der Waals surface area contributed by atoms with Crippen molar-refractivity contribution < 1.29 is 9.90 Å². The van der Waals surface area contributed by atoms with Crippen LogP contribution in [0.3, 0.4) is 0 Å². The van der Waals surface area contributed by atoms with Gasteiger partial charge in [-0.3, -0.25) is 4.68 Å². The van der Waals surface area contributed by atoms with Crippen molar-refractivity contribution in [1.82, 2.24) is 14.8 Å². The van der Waals surface area contributed by atoms with Gasteiger partial charge in [-0.05, 0) is 31.2 Å². The maximum atomic E-state index is 10.9. The van der Waals surface area contributed by atoms with E-state index >= 15 is 0 Å². The molecule has 1 N–H and O–H groups in total. The molecule has 0 radical (unpaired) electrons. The van der Waals surface area contributed by atoms with E-state index in [0.717, 1.165) is 26.6 Å². The minimum Gasteiger partial charge on any atom is -0.478 e. The third-order valence-electron chi connectivity index (χ3n) is 2.86. The summed E-state index contributed by atoms with van der Waals surface area (Å²) in [6.07, 6.45) is 0. The molecule has 0 fully saturated rings. The number of hydrogen-bond donors (Lipinski definition) is 1. The lowest BCUT2D eigenvalue weighted by Crippen LogP contribution is -1.94. The van der Waals surface area contributed by atoms with E-state index in [1.807, 2.05) is 20.0 Å². The Hall–Kier alpha value is -2.21. The van der Waals surface area contributed by atoms with Crippen molar-refractivity contribution in [2.75, 3.05) is 0 Å². The number of aryl methyl sites for hydroxylation is 2. The van der Waals surface area contributed by atoms with Gasteiger partial charge in [-0.2, -0.15) is 5.10 Å². The summed E-state index contributed by atoms with van der Waals surface area (Å²) in [6, 6.07) is 6.93. The second-order valence-corrected chi connectivity index (χ2v) is 5.33. The molecule has 0 saturated heterocycles. The Bertz CT molecular complexity index is 788. The molecule has 0 bridgehead atoms. The Kier molecular flexibility index (Phi) is 2.60. The van der Waals surface area contributed by atoms with Gasteiger partial charge in [0.2, 0.25) is 0 Å². The minimum absolute atomic E-state index is 0.281. The fourth-order valence-corrected chi connectivity index (χ4v) is 3.03. The topological polar surface area (TPSA) is 68.0 Å². The van der Waals surface area contributed by atoms with Gasteiger partial charge >= 0.3 is 5.97 Å². The number of aromatic nitrogens is 3. The van der Waals surface area contributed by atoms with Gasteiger partial charge in [-0.15, -0.1) is 11.3 Å². The van der Waals surface area contributed by atoms with Crippen LogP contribution in [0, 0.1) is 6.92 Å². The third kappa shape index (κ3) is 2.00. The monoisotopic (exact) mass is 273 g/mol. The van der Waals surface area contributed by atoms with E-state index in [0.29, 0.717) is 0 Å². The molecule has 0 aliphatic carbocycles. The molecular formula is C13H11N3O2S. The molecule has 3 rings (SSSR count). The van der Waals surface area contributed by atoms with Crippen LogP contribution in [0.15, 0.2) is 24.3 Å². The number of aromatic carboxylic acids is 1. The van der Waals surface area contributed by atoms with Crippen LogP contribution in [0.2, 0.25) is 0 Å². The van der Waals surface area contributed by atoms with Gasteiger partial charge in [0.25, 0.3) is 0 Å². The first-order valence-electron chi connectivity index (χ1n) is 5.69. The van der Waals surface area contributed by atoms with Gasteiger partial charge in [0.1, 0.15) is 5.01 Å². The molecule has 2 aromatic heterocycles. The first-order valence-corrected chi connectivity index (χ1v) is 6.51. The van der Waals surface area contributed by atoms with Crippen LogP contribution in [0.1, 0.15) is 16.1 Å². The standard InChI is InChI=1S/C13H11N3O2S/c1-7-5-10(16(2)15-7)12-14-9-4-3-8(13(17)18)6-11(9)19-12/h3-6H,1-2H3,(H,17,18). The zero-order valence-corrected chi connectivity index (χ0v) is 11.2. The molecule has 5 nitrogen and oxygen atoms in total. The molecule has 0 atom stereocenters. The Morgan fingerprint density at radius 1 is 1.37 bits per heavy atom. The van der Waals surface area contributed by atoms with Crippen molar-refractivity contribution in [3.8, 4) is 10.7 Å². The van der Waals surface area contributed by atoms with Gasteiger partial charge in [0.05, 0.1) is 27.2 Å². The molecule has 6 heteroatoms. The number of fused-ring (bicyclic) bond motifs is 1. The van der Waals surface area contributed by atoms with Crippen molar-refractivity contribution in [2.45, 2.75) is 6.92 Å². The summed E-state index contributed by atoms with van der Waals surface area (Å²) < 4.78 is 2.65. The SMILES string of the molecule is Cc1cc(-c2nc3ccc(C(=O)O)cc3s2)n(C)n1. The van der Waals surface area contributed by atoms with E-state index in [2.05, 4.69) is 10.1 Å². The molecular weight excluding hydrogens is 262 g/mol. The number of hydrogen-bond acceptors (Lipinski definition) is 4. The third-order valence-corrected chi connectivity index (χ3v) is 3.90. The Balaban J connectivity index is 2.16. The molecule has 0 spiro atoms. The second kappa shape index (κ2) is 4.17. The highest BCUT2D eigenvalue weighted by molar-refractivity contribution is 7.21. The summed E-state index contributed by atoms with van der Waals surface area (Å²) in [5.41, 5.74) is 2.96. The number of carbonyl (C=O) groups is 1. The van der Waals surface area contributed by atoms with E-state index in [1.165, 1.54) is 11.3 Å². The van der Waals surface area contributed by atoms with Crippen molar-refractivity contribution in [2.24, 2.45) is 7.05 Å². The second-order valence-electron chi connectivity index (χ2n) is 4.30. The van der Waals surface area contributed by atoms with Gasteiger partial charge < -0.3 is 5.11 Å². The van der Waals surface area contributed by atoms with E-state index in [4.69, 9.17) is 5.11 Å². The largest absolute Gasteiger partial charge is 0.478 e. The van der Waals surface area contributed by atoms with E-state index in [1.54, 1.807) is 22.9 Å². The van der Waals surface area contributed by atoms with Gasteiger partial charge in [-0.1, -0.05) is 0 Å². The predicted octanol–water partition coefficient (Wildman–Crippen LogP) is 2.70. The van der Waals surface area contributed by atoms with E-state index in [-0.39, 0.29) is 5.56 Å². The smallest absolute Gasteiger partial charge is 0.335 e. The lowest BCUT2D eigenvalue weighted by atomic mass is 10.2. The highest BCUT2D eigenvalue weighted by Crippen LogP contribution is 2.30. The maximum absolute atomic E-state index is 10.9. The summed E-state index contributed by atoms with van der Waals surface area (Å²) in [6.45, 7) is 1.93. The molecule has 0 aliphatic rings. The number of rotatable bonds is 2. The number of carboxylic acids is 1. The van der Waals surface area contributed by atoms with E-state index < -0.39 is 5.97 Å². The van der Waals surface area contributed by atoms with Crippen molar-refractivity contribution in [3.05, 3.63) is 35.5 Å². The lowest BCUT2D eigenvalue weighted by molar-refractivity contribution is 0.0697. The van der Waals surface area contributed by atoms with Crippen LogP contribution in [0.4, 0.5) is 0 Å². The summed E-state index contributed by atoms with van der Waals surface area (Å²) in [4.78, 5) is 15.5. The highest BCUT2D eigenvalue weighted by Gasteiger charge is 2.12. The summed E-state index contributed by atoms with van der Waals surface area (Å²) in [5.74, 6) is -0.923. The number of carboxylic acid groups (broad SMARTS) is 1. The van der Waals surface area contributed by atoms with Gasteiger partial charge in [0, 0.05) is 7.05 Å². The van der Waals surface area contributed by atoms with Gasteiger partial charge in [0.15, 0.2) is 0 Å². The quantitative estimate of drug-likeness (QED) is 0.779. The average molecular weight is 273 g/mol. The number of nitrogens with zero attached hydrogens (tertiary/aromatic N) is 3. The molecule has 0 amide bonds. The molecule has 0 unspecified atom stereocenters. The molecule has 2 heterocycles. The predicted molar refractivity (Wildman–Crippen MR) is 73.5 cm³/mol. The zero-order valence-electron chi connectivity index (χ0n) is 10.4. The lowest BCUT2D eigenvalue weighted by Gasteiger charge is -1.94. The van der Waals surface area contributed by atoms with Crippen LogP contribution in [-0.4, -0.2) is 25.8 Å². The van der Waals surface area contributed by atoms with Crippen LogP contribution >= 0.6 is 11.3 Å². The number of benzene rings is 1. The fraction of sp³-hybridized carbons (Fsp3) is 0.154. The zero-order chi connectivity index (χ0) is 13.6. The highest BCUT2D eigenvalue weighted by atomic mass is 32.1. The van der Waals surface area contributed by atoms with Crippen molar-refractivity contribution in [3.63, 3.8) is 0 Å². The molecule has 3 aromatic rings. The number of thiazole rings is 1. The van der Waals surface area contributed by atoms with Crippen molar-refractivity contribution in [1.29, 1.82) is 0 Å². The van der Waals surface area contributed by atoms with Crippen LogP contribution in [-0.2, 0) is 7.05 Å². The van der Waals surface area contributed by atoms with Crippen LogP contribution in [0.25, 0.3) is 20.9 Å². The molecule has 0 aliphatic heterocycles. The Morgan fingerprint density at radius 3 is 2.79 bits per heavy atom. The summed E-state index contributed by atoms with van der Waals surface area (Å²) in [7, 11) is 1.87. The molecule has 19 heavy (non-hydrogen) atoms. The summed E-state index contributed by atoms with van der Waals surface area (Å²) in [5, 5.41) is 14.1. The first kappa shape index (κ1) is 11.9. The Morgan fingerprint density at radius 2 is 2.16 bits per heavy atom. The average Bonchev–Trinajstić information content (AvgIpc) is 2.90. The minimum atomic E-state index is -0.923. The van der Waals surface area contributed by atoms with Crippen molar-refractivity contribution >= 4 is 27.5 Å². The molecule has 0 saturated carbocycles. The molecule has 1 aromatic carbocycles. The Labute approximate surface area is 113 Å². The first-order chi connectivity index (χ1) is 9.04. The molecule has 96 valence electrons.